The first kappa shape index (κ1) is 26.9. The number of carbonyl (C=O) groups excluding carboxylic acids is 2. The van der Waals surface area contributed by atoms with E-state index in [1.165, 1.54) is 15.5 Å². The minimum atomic E-state index is -3.51. The van der Waals surface area contributed by atoms with E-state index in [4.69, 9.17) is 9.47 Å². The van der Waals surface area contributed by atoms with Crippen LogP contribution in [0.5, 0.6) is 5.75 Å². The fourth-order valence-electron chi connectivity index (χ4n) is 3.69. The second-order valence-corrected chi connectivity index (χ2v) is 10.5. The van der Waals surface area contributed by atoms with Gasteiger partial charge in [0.2, 0.25) is 10.0 Å². The number of ether oxygens (including phenoxy) is 2. The average molecular weight is 485 g/mol. The molecule has 0 aromatic heterocycles. The van der Waals surface area contributed by atoms with Crippen molar-refractivity contribution in [1.29, 1.82) is 0 Å². The van der Waals surface area contributed by atoms with Gasteiger partial charge in [0.25, 0.3) is 5.91 Å². The molecule has 1 aliphatic heterocycles. The summed E-state index contributed by atoms with van der Waals surface area (Å²) < 4.78 is 37.9. The van der Waals surface area contributed by atoms with E-state index in [0.717, 1.165) is 6.42 Å². The maximum Gasteiger partial charge on any atom is 0.319 e. The van der Waals surface area contributed by atoms with Crippen LogP contribution in [-0.4, -0.2) is 88.4 Å². The van der Waals surface area contributed by atoms with Crippen LogP contribution >= 0.6 is 0 Å². The third kappa shape index (κ3) is 7.31. The first-order valence-electron chi connectivity index (χ1n) is 11.0. The topological polar surface area (TPSA) is 117 Å². The molecule has 3 atom stereocenters. The molecule has 3 amide bonds. The minimum Gasteiger partial charge on any atom is -0.491 e. The van der Waals surface area contributed by atoms with Gasteiger partial charge < -0.3 is 25.0 Å². The van der Waals surface area contributed by atoms with E-state index in [0.29, 0.717) is 17.8 Å². The molecule has 0 radical (unpaired) electrons. The number of amides is 3. The molecular formula is C22H36N4O6S. The summed E-state index contributed by atoms with van der Waals surface area (Å²) in [5.41, 5.74) is 0.777. The maximum atomic E-state index is 13.2. The van der Waals surface area contributed by atoms with Crippen molar-refractivity contribution in [3.8, 4) is 5.75 Å². The van der Waals surface area contributed by atoms with Crippen LogP contribution < -0.4 is 15.4 Å². The van der Waals surface area contributed by atoms with Gasteiger partial charge in [-0.15, -0.1) is 0 Å². The number of hydrogen-bond acceptors (Lipinski definition) is 6. The molecule has 0 spiro atoms. The Labute approximate surface area is 196 Å². The number of benzene rings is 1. The molecule has 0 saturated heterocycles. The largest absolute Gasteiger partial charge is 0.491 e. The molecule has 11 heteroatoms. The lowest BCUT2D eigenvalue weighted by atomic mass is 10.0. The van der Waals surface area contributed by atoms with E-state index in [-0.39, 0.29) is 49.4 Å². The number of sulfonamides is 1. The summed E-state index contributed by atoms with van der Waals surface area (Å²) in [7, 11) is -0.293. The van der Waals surface area contributed by atoms with Crippen LogP contribution in [0, 0.1) is 5.92 Å². The summed E-state index contributed by atoms with van der Waals surface area (Å²) in [5.74, 6) is -0.146. The third-order valence-corrected chi connectivity index (χ3v) is 6.97. The van der Waals surface area contributed by atoms with Gasteiger partial charge in [-0.2, -0.15) is 4.31 Å². The lowest BCUT2D eigenvalue weighted by molar-refractivity contribution is 0.0213. The highest BCUT2D eigenvalue weighted by Gasteiger charge is 2.31. The average Bonchev–Trinajstić information content (AvgIpc) is 2.75. The predicted molar refractivity (Wildman–Crippen MR) is 127 cm³/mol. The van der Waals surface area contributed by atoms with Gasteiger partial charge in [0.1, 0.15) is 12.4 Å². The van der Waals surface area contributed by atoms with Crippen LogP contribution in [0.25, 0.3) is 0 Å². The summed E-state index contributed by atoms with van der Waals surface area (Å²) in [5, 5.41) is 5.45. The number of nitrogens with zero attached hydrogens (tertiary/aromatic N) is 2. The number of carbonyl (C=O) groups is 2. The third-order valence-electron chi connectivity index (χ3n) is 5.61. The van der Waals surface area contributed by atoms with Gasteiger partial charge in [0.05, 0.1) is 24.0 Å². The van der Waals surface area contributed by atoms with Gasteiger partial charge in [-0.1, -0.05) is 13.8 Å². The lowest BCUT2D eigenvalue weighted by Crippen LogP contribution is -2.48. The highest BCUT2D eigenvalue weighted by atomic mass is 32.2. The lowest BCUT2D eigenvalue weighted by Gasteiger charge is -2.34. The van der Waals surface area contributed by atoms with E-state index in [1.807, 2.05) is 13.8 Å². The smallest absolute Gasteiger partial charge is 0.319 e. The normalized spacial score (nSPS) is 23.0. The molecule has 33 heavy (non-hydrogen) atoms. The molecule has 0 bridgehead atoms. The first-order valence-corrected chi connectivity index (χ1v) is 12.9. The highest BCUT2D eigenvalue weighted by molar-refractivity contribution is 7.88. The zero-order valence-corrected chi connectivity index (χ0v) is 21.1. The van der Waals surface area contributed by atoms with Crippen LogP contribution in [0.1, 0.15) is 37.6 Å². The molecule has 1 heterocycles. The van der Waals surface area contributed by atoms with Crippen molar-refractivity contribution < 1.29 is 27.5 Å². The predicted octanol–water partition coefficient (Wildman–Crippen LogP) is 1.98. The quantitative estimate of drug-likeness (QED) is 0.660. The second-order valence-electron chi connectivity index (χ2n) is 8.52. The van der Waals surface area contributed by atoms with Crippen LogP contribution in [-0.2, 0) is 14.8 Å². The Morgan fingerprint density at radius 2 is 1.97 bits per heavy atom. The molecule has 0 unspecified atom stereocenters. The fraction of sp³-hybridized carbons (Fsp3) is 0.636. The molecule has 1 aromatic carbocycles. The molecule has 2 rings (SSSR count). The summed E-state index contributed by atoms with van der Waals surface area (Å²) >= 11 is 0. The SMILES string of the molecule is CCCNC(=O)Nc1ccc2c(c1)OC[C@H](C)N(S(C)(=O)=O)C[C@H](C)[C@@H](OC)CN(C)C2=O. The van der Waals surface area contributed by atoms with Crippen LogP contribution in [0.15, 0.2) is 18.2 Å². The Morgan fingerprint density at radius 1 is 1.27 bits per heavy atom. The molecule has 10 nitrogen and oxygen atoms in total. The molecule has 0 fully saturated rings. The number of methoxy groups -OCH3 is 1. The van der Waals surface area contributed by atoms with Crippen molar-refractivity contribution in [1.82, 2.24) is 14.5 Å². The summed E-state index contributed by atoms with van der Waals surface area (Å²) in [6.07, 6.45) is 1.62. The van der Waals surface area contributed by atoms with Crippen molar-refractivity contribution in [3.63, 3.8) is 0 Å². The second kappa shape index (κ2) is 11.7. The minimum absolute atomic E-state index is 0.0346. The highest BCUT2D eigenvalue weighted by Crippen LogP contribution is 2.27. The number of rotatable bonds is 5. The van der Waals surface area contributed by atoms with Crippen molar-refractivity contribution in [3.05, 3.63) is 23.8 Å². The van der Waals surface area contributed by atoms with Crippen molar-refractivity contribution in [2.75, 3.05) is 52.0 Å². The number of anilines is 1. The van der Waals surface area contributed by atoms with E-state index in [2.05, 4.69) is 10.6 Å². The van der Waals surface area contributed by atoms with Gasteiger partial charge in [-0.05, 0) is 31.4 Å². The number of likely N-dealkylation sites (N-methyl/N-ethyl adjacent to an activating group) is 1. The Morgan fingerprint density at radius 3 is 2.58 bits per heavy atom. The zero-order chi connectivity index (χ0) is 24.8. The standard InChI is InChI=1S/C22H36N4O6S/c1-7-10-23-22(28)24-17-8-9-18-19(11-17)32-14-16(3)26(33(6,29)30)12-15(2)20(31-5)13-25(4)21(18)27/h8-9,11,15-16,20H,7,10,12-14H2,1-6H3,(H2,23,24,28)/t15-,16-,20-/m0/s1. The summed E-state index contributed by atoms with van der Waals surface area (Å²) in [4.78, 5) is 26.8. The van der Waals surface area contributed by atoms with E-state index in [9.17, 15) is 18.0 Å². The molecule has 1 aromatic rings. The molecule has 1 aliphatic rings. The van der Waals surface area contributed by atoms with Crippen LogP contribution in [0.2, 0.25) is 0 Å². The van der Waals surface area contributed by atoms with Gasteiger partial charge >= 0.3 is 6.03 Å². The van der Waals surface area contributed by atoms with E-state index >= 15 is 0 Å². The number of hydrogen-bond donors (Lipinski definition) is 2. The molecule has 0 aliphatic carbocycles. The van der Waals surface area contributed by atoms with Crippen molar-refractivity contribution >= 4 is 27.6 Å². The van der Waals surface area contributed by atoms with Gasteiger partial charge in [0, 0.05) is 45.5 Å². The number of fused-ring (bicyclic) bond motifs is 1. The Balaban J connectivity index is 2.43. The van der Waals surface area contributed by atoms with Gasteiger partial charge in [-0.25, -0.2) is 13.2 Å². The number of urea groups is 1. The van der Waals surface area contributed by atoms with Crippen molar-refractivity contribution in [2.24, 2.45) is 5.92 Å². The molecule has 2 N–H and O–H groups in total. The van der Waals surface area contributed by atoms with Gasteiger partial charge in [0.15, 0.2) is 0 Å². The van der Waals surface area contributed by atoms with E-state index in [1.54, 1.807) is 39.3 Å². The number of nitrogens with one attached hydrogen (secondary N) is 2. The molecule has 0 saturated carbocycles. The molecule has 186 valence electrons. The van der Waals surface area contributed by atoms with Gasteiger partial charge in [-0.3, -0.25) is 4.79 Å². The Bertz CT molecular complexity index is 939. The fourth-order valence-corrected chi connectivity index (χ4v) is 4.91. The van der Waals surface area contributed by atoms with Crippen molar-refractivity contribution in [2.45, 2.75) is 39.3 Å². The maximum absolute atomic E-state index is 13.2. The Hall–Kier alpha value is -2.37. The van der Waals surface area contributed by atoms with E-state index < -0.39 is 16.1 Å². The summed E-state index contributed by atoms with van der Waals surface area (Å²) in [6.45, 7) is 6.70. The summed E-state index contributed by atoms with van der Waals surface area (Å²) in [6, 6.07) is 3.96. The van der Waals surface area contributed by atoms with Crippen LogP contribution in [0.4, 0.5) is 10.5 Å². The van der Waals surface area contributed by atoms with Crippen LogP contribution in [0.3, 0.4) is 0 Å². The molecular weight excluding hydrogens is 448 g/mol. The first-order chi connectivity index (χ1) is 15.5. The monoisotopic (exact) mass is 484 g/mol. The zero-order valence-electron chi connectivity index (χ0n) is 20.3. The Kier molecular flexibility index (Phi) is 9.50.